The van der Waals surface area contributed by atoms with Crippen LogP contribution in [0.5, 0.6) is 0 Å². The molecule has 1 rings (SSSR count). The van der Waals surface area contributed by atoms with Gasteiger partial charge in [0.25, 0.3) is 0 Å². The maximum atomic E-state index is 11.4. The number of carboxylic acids is 2. The SMILES string of the molecule is CCCCC(C(=O)O)c1ccc(C(=O)O)c(C)c1C. The van der Waals surface area contributed by atoms with E-state index in [1.165, 1.54) is 6.07 Å². The third-order valence-electron chi connectivity index (χ3n) is 3.58. The van der Waals surface area contributed by atoms with Crippen LogP contribution in [0, 0.1) is 13.8 Å². The Morgan fingerprint density at radius 2 is 1.79 bits per heavy atom. The third-order valence-corrected chi connectivity index (χ3v) is 3.58. The molecule has 19 heavy (non-hydrogen) atoms. The second kappa shape index (κ2) is 6.36. The van der Waals surface area contributed by atoms with Crippen LogP contribution in [0.4, 0.5) is 0 Å². The summed E-state index contributed by atoms with van der Waals surface area (Å²) in [4.78, 5) is 22.4. The Bertz CT molecular complexity index is 491. The minimum atomic E-state index is -0.979. The molecule has 0 aliphatic carbocycles. The summed E-state index contributed by atoms with van der Waals surface area (Å²) in [6, 6.07) is 3.14. The summed E-state index contributed by atoms with van der Waals surface area (Å²) in [6.07, 6.45) is 2.36. The Hall–Kier alpha value is -1.84. The molecule has 4 heteroatoms. The molecule has 1 atom stereocenters. The van der Waals surface area contributed by atoms with Gasteiger partial charge in [-0.2, -0.15) is 0 Å². The fourth-order valence-electron chi connectivity index (χ4n) is 2.27. The Labute approximate surface area is 113 Å². The molecule has 0 aliphatic rings. The number of aliphatic carboxylic acids is 1. The van der Waals surface area contributed by atoms with Crippen LogP contribution in [-0.4, -0.2) is 22.2 Å². The number of carbonyl (C=O) groups is 2. The van der Waals surface area contributed by atoms with Gasteiger partial charge in [-0.15, -0.1) is 0 Å². The fourth-order valence-corrected chi connectivity index (χ4v) is 2.27. The third kappa shape index (κ3) is 3.34. The minimum Gasteiger partial charge on any atom is -0.481 e. The van der Waals surface area contributed by atoms with Gasteiger partial charge in [-0.25, -0.2) is 4.79 Å². The number of aromatic carboxylic acids is 1. The first-order chi connectivity index (χ1) is 8.90. The zero-order chi connectivity index (χ0) is 14.6. The first-order valence-corrected chi connectivity index (χ1v) is 6.46. The van der Waals surface area contributed by atoms with E-state index >= 15 is 0 Å². The first-order valence-electron chi connectivity index (χ1n) is 6.46. The Kier molecular flexibility index (Phi) is 5.10. The molecule has 0 saturated carbocycles. The largest absolute Gasteiger partial charge is 0.481 e. The summed E-state index contributed by atoms with van der Waals surface area (Å²) in [5.74, 6) is -2.38. The van der Waals surface area contributed by atoms with Crippen molar-refractivity contribution >= 4 is 11.9 Å². The highest BCUT2D eigenvalue weighted by Crippen LogP contribution is 2.28. The van der Waals surface area contributed by atoms with Crippen molar-refractivity contribution in [1.82, 2.24) is 0 Å². The fraction of sp³-hybridized carbons (Fsp3) is 0.467. The van der Waals surface area contributed by atoms with Crippen molar-refractivity contribution in [3.63, 3.8) is 0 Å². The van der Waals surface area contributed by atoms with E-state index < -0.39 is 17.9 Å². The van der Waals surface area contributed by atoms with E-state index in [0.29, 0.717) is 12.0 Å². The molecule has 1 aromatic rings. The lowest BCUT2D eigenvalue weighted by molar-refractivity contribution is -0.139. The lowest BCUT2D eigenvalue weighted by Gasteiger charge is -2.17. The van der Waals surface area contributed by atoms with Gasteiger partial charge >= 0.3 is 11.9 Å². The smallest absolute Gasteiger partial charge is 0.335 e. The molecule has 0 aliphatic heterocycles. The molecule has 104 valence electrons. The van der Waals surface area contributed by atoms with Crippen LogP contribution in [0.15, 0.2) is 12.1 Å². The molecule has 2 N–H and O–H groups in total. The van der Waals surface area contributed by atoms with Gasteiger partial charge in [0.05, 0.1) is 11.5 Å². The van der Waals surface area contributed by atoms with Gasteiger partial charge in [-0.1, -0.05) is 25.8 Å². The number of hydrogen-bond donors (Lipinski definition) is 2. The first kappa shape index (κ1) is 15.2. The molecule has 4 nitrogen and oxygen atoms in total. The van der Waals surface area contributed by atoms with Gasteiger partial charge in [-0.05, 0) is 43.0 Å². The number of rotatable bonds is 6. The van der Waals surface area contributed by atoms with E-state index in [9.17, 15) is 14.7 Å². The van der Waals surface area contributed by atoms with Crippen molar-refractivity contribution in [1.29, 1.82) is 0 Å². The van der Waals surface area contributed by atoms with Crippen molar-refractivity contribution < 1.29 is 19.8 Å². The Balaban J connectivity index is 3.22. The summed E-state index contributed by atoms with van der Waals surface area (Å²) in [6.45, 7) is 5.53. The zero-order valence-corrected chi connectivity index (χ0v) is 11.6. The van der Waals surface area contributed by atoms with Crippen molar-refractivity contribution in [3.05, 3.63) is 34.4 Å². The average molecular weight is 264 g/mol. The average Bonchev–Trinajstić information content (AvgIpc) is 2.33. The molecular weight excluding hydrogens is 244 g/mol. The monoisotopic (exact) mass is 264 g/mol. The van der Waals surface area contributed by atoms with E-state index in [4.69, 9.17) is 5.11 Å². The van der Waals surface area contributed by atoms with Crippen molar-refractivity contribution in [2.24, 2.45) is 0 Å². The number of hydrogen-bond acceptors (Lipinski definition) is 2. The Morgan fingerprint density at radius 3 is 2.26 bits per heavy atom. The maximum absolute atomic E-state index is 11.4. The topological polar surface area (TPSA) is 74.6 Å². The standard InChI is InChI=1S/C15H20O4/c1-4-5-6-13(15(18)19)11-7-8-12(14(16)17)10(3)9(11)2/h7-8,13H,4-6H2,1-3H3,(H,16,17)(H,18,19). The predicted molar refractivity (Wildman–Crippen MR) is 72.8 cm³/mol. The van der Waals surface area contributed by atoms with Crippen LogP contribution < -0.4 is 0 Å². The lowest BCUT2D eigenvalue weighted by atomic mass is 9.87. The van der Waals surface area contributed by atoms with E-state index in [0.717, 1.165) is 24.0 Å². The molecule has 0 bridgehead atoms. The number of benzene rings is 1. The van der Waals surface area contributed by atoms with Crippen LogP contribution >= 0.6 is 0 Å². The molecule has 1 aromatic carbocycles. The zero-order valence-electron chi connectivity index (χ0n) is 11.6. The molecule has 0 spiro atoms. The van der Waals surface area contributed by atoms with Crippen LogP contribution in [-0.2, 0) is 4.79 Å². The summed E-state index contributed by atoms with van der Waals surface area (Å²) in [5, 5.41) is 18.4. The molecule has 0 aromatic heterocycles. The van der Waals surface area contributed by atoms with Crippen LogP contribution in [0.2, 0.25) is 0 Å². The molecule has 0 fully saturated rings. The molecule has 0 heterocycles. The van der Waals surface area contributed by atoms with Crippen LogP contribution in [0.25, 0.3) is 0 Å². The molecule has 0 radical (unpaired) electrons. The molecule has 1 unspecified atom stereocenters. The highest BCUT2D eigenvalue weighted by atomic mass is 16.4. The van der Waals surface area contributed by atoms with E-state index in [-0.39, 0.29) is 5.56 Å². The summed E-state index contributed by atoms with van der Waals surface area (Å²) >= 11 is 0. The van der Waals surface area contributed by atoms with Gasteiger partial charge < -0.3 is 10.2 Å². The van der Waals surface area contributed by atoms with Gasteiger partial charge in [0.15, 0.2) is 0 Å². The summed E-state index contributed by atoms with van der Waals surface area (Å²) < 4.78 is 0. The van der Waals surface area contributed by atoms with Gasteiger partial charge in [0, 0.05) is 0 Å². The Morgan fingerprint density at radius 1 is 1.16 bits per heavy atom. The number of unbranched alkanes of at least 4 members (excludes halogenated alkanes) is 1. The maximum Gasteiger partial charge on any atom is 0.335 e. The van der Waals surface area contributed by atoms with E-state index in [1.54, 1.807) is 19.9 Å². The van der Waals surface area contributed by atoms with E-state index in [1.807, 2.05) is 6.92 Å². The molecule has 0 saturated heterocycles. The molecule has 0 amide bonds. The number of carboxylic acid groups (broad SMARTS) is 2. The van der Waals surface area contributed by atoms with Crippen molar-refractivity contribution in [3.8, 4) is 0 Å². The normalized spacial score (nSPS) is 12.2. The van der Waals surface area contributed by atoms with Crippen molar-refractivity contribution in [2.45, 2.75) is 46.0 Å². The second-order valence-electron chi connectivity index (χ2n) is 4.79. The summed E-state index contributed by atoms with van der Waals surface area (Å²) in [7, 11) is 0. The lowest BCUT2D eigenvalue weighted by Crippen LogP contribution is -2.14. The van der Waals surface area contributed by atoms with E-state index in [2.05, 4.69) is 0 Å². The van der Waals surface area contributed by atoms with Crippen molar-refractivity contribution in [2.75, 3.05) is 0 Å². The second-order valence-corrected chi connectivity index (χ2v) is 4.79. The van der Waals surface area contributed by atoms with Gasteiger partial charge in [0.2, 0.25) is 0 Å². The van der Waals surface area contributed by atoms with Crippen LogP contribution in [0.3, 0.4) is 0 Å². The van der Waals surface area contributed by atoms with Crippen LogP contribution in [0.1, 0.15) is 59.2 Å². The van der Waals surface area contributed by atoms with Gasteiger partial charge in [0.1, 0.15) is 0 Å². The van der Waals surface area contributed by atoms with Gasteiger partial charge in [-0.3, -0.25) is 4.79 Å². The predicted octanol–water partition coefficient (Wildman–Crippen LogP) is 3.36. The summed E-state index contributed by atoms with van der Waals surface area (Å²) in [5.41, 5.74) is 2.38. The highest BCUT2D eigenvalue weighted by molar-refractivity contribution is 5.90. The molecular formula is C15H20O4. The minimum absolute atomic E-state index is 0.237. The quantitative estimate of drug-likeness (QED) is 0.826. The highest BCUT2D eigenvalue weighted by Gasteiger charge is 2.23.